The maximum absolute atomic E-state index is 13.3. The second-order valence-corrected chi connectivity index (χ2v) is 7.91. The molecule has 0 saturated carbocycles. The molecule has 1 saturated heterocycles. The molecule has 7 heteroatoms. The van der Waals surface area contributed by atoms with Crippen LogP contribution in [-0.4, -0.2) is 41.3 Å². The van der Waals surface area contributed by atoms with Crippen molar-refractivity contribution in [3.8, 4) is 11.5 Å². The van der Waals surface area contributed by atoms with Crippen LogP contribution in [0.25, 0.3) is 6.08 Å². The quantitative estimate of drug-likeness (QED) is 0.536. The number of carbonyl (C=O) groups excluding carboxylic acids is 1. The molecule has 2 aliphatic heterocycles. The first-order valence-corrected chi connectivity index (χ1v) is 10.7. The standard InChI is InChI=1S/C24H23N3O3S/c1-4-14-27-23(29)22(31-24(27)25-17-7-9-18(28)10-8-17)21-12-6-16-15-19(30-3)11-13-20(16)26(21)5-2/h4,6-13,15,28H,1,5,14H2,2-3H3. The molecule has 2 aromatic carbocycles. The predicted molar refractivity (Wildman–Crippen MR) is 127 cm³/mol. The first-order chi connectivity index (χ1) is 15.0. The van der Waals surface area contributed by atoms with E-state index in [9.17, 15) is 9.90 Å². The molecular weight excluding hydrogens is 410 g/mol. The van der Waals surface area contributed by atoms with Crippen LogP contribution >= 0.6 is 11.8 Å². The van der Waals surface area contributed by atoms with Crippen LogP contribution in [0.4, 0.5) is 11.4 Å². The Bertz CT molecular complexity index is 1120. The second-order valence-electron chi connectivity index (χ2n) is 6.93. The number of allylic oxidation sites excluding steroid dienone is 1. The number of nitrogens with zero attached hydrogens (tertiary/aromatic N) is 3. The summed E-state index contributed by atoms with van der Waals surface area (Å²) in [5.41, 5.74) is 3.58. The number of anilines is 1. The smallest absolute Gasteiger partial charge is 0.269 e. The number of fused-ring (bicyclic) bond motifs is 1. The van der Waals surface area contributed by atoms with Gasteiger partial charge < -0.3 is 14.7 Å². The summed E-state index contributed by atoms with van der Waals surface area (Å²) in [5, 5.41) is 10.1. The minimum absolute atomic E-state index is 0.0995. The maximum atomic E-state index is 13.3. The van der Waals surface area contributed by atoms with E-state index in [0.29, 0.717) is 28.8 Å². The summed E-state index contributed by atoms with van der Waals surface area (Å²) in [4.78, 5) is 22.3. The third kappa shape index (κ3) is 3.96. The number of rotatable bonds is 5. The fourth-order valence-corrected chi connectivity index (χ4v) is 4.62. The number of phenols is 1. The van der Waals surface area contributed by atoms with E-state index in [-0.39, 0.29) is 11.7 Å². The number of carbonyl (C=O) groups is 1. The number of phenolic OH excluding ortho intramolecular Hbond substituents is 1. The maximum Gasteiger partial charge on any atom is 0.269 e. The Morgan fingerprint density at radius 1 is 1.16 bits per heavy atom. The van der Waals surface area contributed by atoms with Crippen LogP contribution in [0, 0.1) is 0 Å². The van der Waals surface area contributed by atoms with Gasteiger partial charge in [0.1, 0.15) is 16.4 Å². The number of ether oxygens (including phenoxy) is 1. The lowest BCUT2D eigenvalue weighted by molar-refractivity contribution is -0.121. The van der Waals surface area contributed by atoms with E-state index in [1.54, 1.807) is 42.4 Å². The number of aliphatic imine (C=N–C) groups is 1. The zero-order chi connectivity index (χ0) is 22.0. The van der Waals surface area contributed by atoms with E-state index in [4.69, 9.17) is 4.74 Å². The molecule has 1 fully saturated rings. The van der Waals surface area contributed by atoms with Gasteiger partial charge in [-0.3, -0.25) is 9.69 Å². The number of amidine groups is 1. The van der Waals surface area contributed by atoms with Gasteiger partial charge >= 0.3 is 0 Å². The summed E-state index contributed by atoms with van der Waals surface area (Å²) < 4.78 is 5.34. The summed E-state index contributed by atoms with van der Waals surface area (Å²) in [7, 11) is 1.65. The summed E-state index contributed by atoms with van der Waals surface area (Å²) >= 11 is 1.35. The topological polar surface area (TPSA) is 65.4 Å². The molecule has 0 unspecified atom stereocenters. The van der Waals surface area contributed by atoms with Crippen molar-refractivity contribution in [2.75, 3.05) is 25.1 Å². The molecule has 6 nitrogen and oxygen atoms in total. The molecule has 31 heavy (non-hydrogen) atoms. The largest absolute Gasteiger partial charge is 0.508 e. The number of amides is 1. The molecule has 2 aliphatic rings. The van der Waals surface area contributed by atoms with Crippen LogP contribution < -0.4 is 9.64 Å². The van der Waals surface area contributed by atoms with Crippen molar-refractivity contribution < 1.29 is 14.6 Å². The van der Waals surface area contributed by atoms with Gasteiger partial charge in [-0.2, -0.15) is 0 Å². The predicted octanol–water partition coefficient (Wildman–Crippen LogP) is 4.91. The van der Waals surface area contributed by atoms with Gasteiger partial charge in [0.25, 0.3) is 5.91 Å². The molecule has 0 bridgehead atoms. The van der Waals surface area contributed by atoms with Crippen LogP contribution in [-0.2, 0) is 4.79 Å². The lowest BCUT2D eigenvalue weighted by Crippen LogP contribution is -2.31. The fourth-order valence-electron chi connectivity index (χ4n) is 3.54. The van der Waals surface area contributed by atoms with Gasteiger partial charge in [0.05, 0.1) is 18.5 Å². The van der Waals surface area contributed by atoms with Crippen LogP contribution in [0.15, 0.2) is 76.8 Å². The number of thioether (sulfide) groups is 1. The molecule has 2 aromatic rings. The molecule has 1 N–H and O–H groups in total. The van der Waals surface area contributed by atoms with Crippen LogP contribution in [0.2, 0.25) is 0 Å². The third-order valence-electron chi connectivity index (χ3n) is 5.04. The zero-order valence-corrected chi connectivity index (χ0v) is 18.2. The highest BCUT2D eigenvalue weighted by Crippen LogP contribution is 2.41. The third-order valence-corrected chi connectivity index (χ3v) is 6.12. The SMILES string of the molecule is C=CCN1C(=O)C(=C2C=Cc3cc(OC)ccc3N2CC)SC1=Nc1ccc(O)cc1. The van der Waals surface area contributed by atoms with E-state index in [0.717, 1.165) is 22.7 Å². The average molecular weight is 434 g/mol. The summed E-state index contributed by atoms with van der Waals surface area (Å²) in [6, 6.07) is 12.5. The Balaban J connectivity index is 1.76. The highest BCUT2D eigenvalue weighted by molar-refractivity contribution is 8.18. The Morgan fingerprint density at radius 2 is 1.94 bits per heavy atom. The molecule has 0 aromatic heterocycles. The van der Waals surface area contributed by atoms with Crippen LogP contribution in [0.1, 0.15) is 12.5 Å². The number of hydrogen-bond donors (Lipinski definition) is 1. The van der Waals surface area contributed by atoms with E-state index in [2.05, 4.69) is 23.4 Å². The van der Waals surface area contributed by atoms with E-state index in [1.807, 2.05) is 30.4 Å². The van der Waals surface area contributed by atoms with Crippen molar-refractivity contribution in [3.05, 3.63) is 77.4 Å². The van der Waals surface area contributed by atoms with Crippen molar-refractivity contribution >= 4 is 40.3 Å². The van der Waals surface area contributed by atoms with Crippen molar-refractivity contribution in [2.45, 2.75) is 6.92 Å². The first kappa shape index (κ1) is 20.8. The number of hydrogen-bond acceptors (Lipinski definition) is 6. The molecule has 0 atom stereocenters. The van der Waals surface area contributed by atoms with Crippen LogP contribution in [0.3, 0.4) is 0 Å². The number of likely N-dealkylation sites (N-methyl/N-ethyl adjacent to an activating group) is 1. The average Bonchev–Trinajstić information content (AvgIpc) is 3.09. The van der Waals surface area contributed by atoms with E-state index < -0.39 is 0 Å². The minimum atomic E-state index is -0.0995. The van der Waals surface area contributed by atoms with E-state index >= 15 is 0 Å². The minimum Gasteiger partial charge on any atom is -0.508 e. The van der Waals surface area contributed by atoms with Crippen molar-refractivity contribution in [1.82, 2.24) is 4.90 Å². The van der Waals surface area contributed by atoms with Gasteiger partial charge in [-0.05, 0) is 67.2 Å². The van der Waals surface area contributed by atoms with Crippen molar-refractivity contribution in [1.29, 1.82) is 0 Å². The Kier molecular flexibility index (Phi) is 5.86. The zero-order valence-electron chi connectivity index (χ0n) is 17.4. The molecular formula is C24H23N3O3S. The Morgan fingerprint density at radius 3 is 2.61 bits per heavy atom. The van der Waals surface area contributed by atoms with Gasteiger partial charge in [0.15, 0.2) is 5.17 Å². The van der Waals surface area contributed by atoms with Gasteiger partial charge in [-0.1, -0.05) is 12.2 Å². The van der Waals surface area contributed by atoms with E-state index in [1.165, 1.54) is 11.8 Å². The fraction of sp³-hybridized carbons (Fsp3) is 0.167. The van der Waals surface area contributed by atoms with Crippen molar-refractivity contribution in [2.24, 2.45) is 4.99 Å². The van der Waals surface area contributed by atoms with Crippen LogP contribution in [0.5, 0.6) is 11.5 Å². The molecule has 1 amide bonds. The molecule has 158 valence electrons. The van der Waals surface area contributed by atoms with Crippen molar-refractivity contribution in [3.63, 3.8) is 0 Å². The number of aromatic hydroxyl groups is 1. The summed E-state index contributed by atoms with van der Waals surface area (Å²) in [6.45, 7) is 6.92. The Hall–Kier alpha value is -3.45. The molecule has 0 radical (unpaired) electrons. The number of benzene rings is 2. The lowest BCUT2D eigenvalue weighted by atomic mass is 10.0. The highest BCUT2D eigenvalue weighted by atomic mass is 32.2. The van der Waals surface area contributed by atoms with Gasteiger partial charge in [-0.15, -0.1) is 6.58 Å². The Labute approximate surface area is 185 Å². The number of methoxy groups -OCH3 is 1. The molecule has 0 spiro atoms. The monoisotopic (exact) mass is 433 g/mol. The van der Waals surface area contributed by atoms with Gasteiger partial charge in [-0.25, -0.2) is 4.99 Å². The highest BCUT2D eigenvalue weighted by Gasteiger charge is 2.36. The molecule has 0 aliphatic carbocycles. The second kappa shape index (κ2) is 8.73. The normalized spacial score (nSPS) is 19.2. The lowest BCUT2D eigenvalue weighted by Gasteiger charge is -2.30. The molecule has 2 heterocycles. The van der Waals surface area contributed by atoms with Gasteiger partial charge in [0, 0.05) is 24.3 Å². The first-order valence-electron chi connectivity index (χ1n) is 9.92. The summed E-state index contributed by atoms with van der Waals surface area (Å²) in [5.74, 6) is 0.867. The molecule has 4 rings (SSSR count). The van der Waals surface area contributed by atoms with Gasteiger partial charge in [0.2, 0.25) is 0 Å². The summed E-state index contributed by atoms with van der Waals surface area (Å²) in [6.07, 6.45) is 5.67.